The molecule has 0 fully saturated rings. The van der Waals surface area contributed by atoms with E-state index in [2.05, 4.69) is 47.9 Å². The number of fused-ring (bicyclic) bond motifs is 2. The SMILES string of the molecule is CC(C)C[C@H](NC(=O)[C@@H](C)CC(C)C)C(=O)N[C@@H](CCCCN)C(=O)N[C@@H](C)C(=O)N[C@@H](CCC(=O)O)C(=O)N[C@@H](C)C(=O)N[C@@H](C)C(=O)N[C@@H](C)C(=O)N[C@@H](CCCCNC(=O)c1ccc(-c2c3ccc(=O)cc-3oc3cc(O)ccc23)c(C(=O)O)c1)C(N)=O. The first-order valence-corrected chi connectivity index (χ1v) is 30.3. The molecule has 0 radical (unpaired) electrons. The normalized spacial score (nSPS) is 14.2. The maximum atomic E-state index is 13.7. The van der Waals surface area contributed by atoms with Crippen molar-refractivity contribution in [3.63, 3.8) is 0 Å². The molecule has 0 saturated carbocycles. The fraction of sp³-hybridized carbons (Fsp3) is 0.508. The van der Waals surface area contributed by atoms with Crippen molar-refractivity contribution < 1.29 is 77.3 Å². The van der Waals surface area contributed by atoms with Gasteiger partial charge in [0.2, 0.25) is 53.2 Å². The van der Waals surface area contributed by atoms with E-state index in [1.807, 2.05) is 27.7 Å². The van der Waals surface area contributed by atoms with Gasteiger partial charge in [-0.15, -0.1) is 0 Å². The first-order valence-electron chi connectivity index (χ1n) is 30.3. The molecular weight excluding hydrogens is 1180 g/mol. The molecule has 0 spiro atoms. The molecule has 9 atom stereocenters. The Morgan fingerprint density at radius 3 is 1.56 bits per heavy atom. The molecule has 0 aromatic heterocycles. The summed E-state index contributed by atoms with van der Waals surface area (Å²) in [6.45, 7) is 15.0. The number of benzene rings is 3. The summed E-state index contributed by atoms with van der Waals surface area (Å²) < 4.78 is 5.87. The van der Waals surface area contributed by atoms with Crippen molar-refractivity contribution in [2.75, 3.05) is 13.1 Å². The second-order valence-electron chi connectivity index (χ2n) is 23.6. The molecule has 0 saturated heterocycles. The first kappa shape index (κ1) is 74.0. The summed E-state index contributed by atoms with van der Waals surface area (Å²) in [7, 11) is 0. The Labute approximate surface area is 526 Å². The number of aromatic carboxylic acids is 1. The monoisotopic (exact) mass is 1270 g/mol. The number of phenols is 1. The van der Waals surface area contributed by atoms with Crippen LogP contribution in [-0.4, -0.2) is 148 Å². The second kappa shape index (κ2) is 35.1. The van der Waals surface area contributed by atoms with Gasteiger partial charge in [-0.3, -0.25) is 57.5 Å². The summed E-state index contributed by atoms with van der Waals surface area (Å²) in [6, 6.07) is 2.16. The van der Waals surface area contributed by atoms with E-state index in [9.17, 15) is 77.6 Å². The van der Waals surface area contributed by atoms with Gasteiger partial charge in [0, 0.05) is 53.1 Å². The van der Waals surface area contributed by atoms with Gasteiger partial charge in [-0.05, 0) is 146 Å². The van der Waals surface area contributed by atoms with Crippen molar-refractivity contribution in [2.24, 2.45) is 29.2 Å². The molecular formula is C63H87N11O17. The van der Waals surface area contributed by atoms with Gasteiger partial charge >= 0.3 is 11.9 Å². The lowest BCUT2D eigenvalue weighted by Gasteiger charge is -2.27. The molecule has 0 unspecified atom stereocenters. The van der Waals surface area contributed by atoms with E-state index >= 15 is 0 Å². The fourth-order valence-corrected chi connectivity index (χ4v) is 9.85. The smallest absolute Gasteiger partial charge is 0.336 e. The number of hydrogen-bond donors (Lipinski definition) is 14. The van der Waals surface area contributed by atoms with Crippen LogP contribution in [0.1, 0.15) is 147 Å². The number of aliphatic carboxylic acids is 1. The van der Waals surface area contributed by atoms with Crippen LogP contribution in [0.15, 0.2) is 63.8 Å². The molecule has 1 aliphatic carbocycles. The summed E-state index contributed by atoms with van der Waals surface area (Å²) in [4.78, 5) is 169. The van der Waals surface area contributed by atoms with Gasteiger partial charge in [-0.1, -0.05) is 40.7 Å². The Morgan fingerprint density at radius 1 is 0.516 bits per heavy atom. The number of carboxylic acid groups (broad SMARTS) is 2. The summed E-state index contributed by atoms with van der Waals surface area (Å²) in [6.07, 6.45) is 1.39. The van der Waals surface area contributed by atoms with Crippen molar-refractivity contribution in [3.8, 4) is 28.2 Å². The largest absolute Gasteiger partial charge is 0.508 e. The van der Waals surface area contributed by atoms with E-state index in [0.717, 1.165) is 0 Å². The number of aromatic hydroxyl groups is 1. The lowest BCUT2D eigenvalue weighted by Crippen LogP contribution is -2.59. The van der Waals surface area contributed by atoms with Gasteiger partial charge < -0.3 is 79.1 Å². The summed E-state index contributed by atoms with van der Waals surface area (Å²) in [5.74, 6) is -10.5. The topological polar surface area (TPSA) is 456 Å². The van der Waals surface area contributed by atoms with Gasteiger partial charge in [0.1, 0.15) is 65.4 Å². The Hall–Kier alpha value is -9.47. The number of hydrogen-bond acceptors (Lipinski definition) is 16. The lowest BCUT2D eigenvalue weighted by atomic mass is 9.90. The van der Waals surface area contributed by atoms with Crippen molar-refractivity contribution in [2.45, 2.75) is 175 Å². The highest BCUT2D eigenvalue weighted by molar-refractivity contribution is 6.09. The first-order chi connectivity index (χ1) is 42.8. The molecule has 1 heterocycles. The Bertz CT molecular complexity index is 3330. The van der Waals surface area contributed by atoms with E-state index in [0.29, 0.717) is 42.3 Å². The van der Waals surface area contributed by atoms with Crippen LogP contribution in [0.4, 0.5) is 0 Å². The lowest BCUT2D eigenvalue weighted by molar-refractivity contribution is -0.138. The van der Waals surface area contributed by atoms with Crippen LogP contribution in [0.3, 0.4) is 0 Å². The number of phenolic OH excluding ortho intramolecular Hbond substituents is 1. The molecule has 91 heavy (non-hydrogen) atoms. The zero-order valence-corrected chi connectivity index (χ0v) is 52.7. The van der Waals surface area contributed by atoms with Crippen LogP contribution in [0.25, 0.3) is 33.4 Å². The van der Waals surface area contributed by atoms with Gasteiger partial charge in [-0.25, -0.2) is 4.79 Å². The predicted octanol–water partition coefficient (Wildman–Crippen LogP) is 2.03. The Kier molecular flexibility index (Phi) is 28.5. The highest BCUT2D eigenvalue weighted by Crippen LogP contribution is 2.42. The third kappa shape index (κ3) is 22.8. The maximum Gasteiger partial charge on any atom is 0.336 e. The van der Waals surface area contributed by atoms with Gasteiger partial charge in [0.05, 0.1) is 5.56 Å². The Balaban J connectivity index is 1.28. The molecule has 1 aliphatic heterocycles. The number of unbranched alkanes of at least 4 members (excludes halogenated alkanes) is 2. The summed E-state index contributed by atoms with van der Waals surface area (Å²) in [5, 5.41) is 53.1. The van der Waals surface area contributed by atoms with E-state index in [4.69, 9.17) is 15.9 Å². The highest BCUT2D eigenvalue weighted by Gasteiger charge is 2.33. The highest BCUT2D eigenvalue weighted by atomic mass is 16.4. The maximum absolute atomic E-state index is 13.7. The van der Waals surface area contributed by atoms with Crippen LogP contribution in [0.2, 0.25) is 0 Å². The number of nitrogens with one attached hydrogen (secondary N) is 9. The van der Waals surface area contributed by atoms with Crippen LogP contribution in [0, 0.1) is 17.8 Å². The molecule has 2 aliphatic rings. The number of primary amides is 1. The molecule has 28 heteroatoms. The van der Waals surface area contributed by atoms with Crippen LogP contribution in [0.5, 0.6) is 5.75 Å². The molecule has 28 nitrogen and oxygen atoms in total. The average Bonchev–Trinajstić information content (AvgIpc) is 0.752. The van der Waals surface area contributed by atoms with E-state index in [1.54, 1.807) is 13.0 Å². The molecule has 0 bridgehead atoms. The van der Waals surface area contributed by atoms with E-state index in [-0.39, 0.29) is 102 Å². The third-order valence-corrected chi connectivity index (χ3v) is 14.8. The summed E-state index contributed by atoms with van der Waals surface area (Å²) >= 11 is 0. The quantitative estimate of drug-likeness (QED) is 0.0229. The average molecular weight is 1270 g/mol. The van der Waals surface area contributed by atoms with Crippen molar-refractivity contribution in [1.82, 2.24) is 47.9 Å². The second-order valence-corrected chi connectivity index (χ2v) is 23.6. The number of carbonyl (C=O) groups is 12. The molecule has 4 rings (SSSR count). The summed E-state index contributed by atoms with van der Waals surface area (Å²) in [5.41, 5.74) is 11.9. The number of rotatable bonds is 36. The predicted molar refractivity (Wildman–Crippen MR) is 335 cm³/mol. The minimum Gasteiger partial charge on any atom is -0.508 e. The molecule has 2 aromatic rings. The minimum atomic E-state index is -1.55. The number of nitrogens with two attached hydrogens (primary N) is 2. The number of carboxylic acids is 2. The van der Waals surface area contributed by atoms with Crippen molar-refractivity contribution in [1.29, 1.82) is 0 Å². The minimum absolute atomic E-state index is 0.00935. The van der Waals surface area contributed by atoms with E-state index < -0.39 is 126 Å². The molecule has 16 N–H and O–H groups in total. The van der Waals surface area contributed by atoms with Crippen LogP contribution < -0.4 is 64.7 Å². The van der Waals surface area contributed by atoms with E-state index in [1.165, 1.54) is 76.2 Å². The third-order valence-electron chi connectivity index (χ3n) is 14.8. The molecule has 496 valence electrons. The Morgan fingerprint density at radius 2 is 1.01 bits per heavy atom. The number of amides is 10. The van der Waals surface area contributed by atoms with Crippen molar-refractivity contribution in [3.05, 3.63) is 75.9 Å². The zero-order valence-electron chi connectivity index (χ0n) is 52.7. The van der Waals surface area contributed by atoms with Gasteiger partial charge in [-0.2, -0.15) is 0 Å². The fourth-order valence-electron chi connectivity index (χ4n) is 9.85. The van der Waals surface area contributed by atoms with Gasteiger partial charge in [0.15, 0.2) is 5.43 Å². The van der Waals surface area contributed by atoms with Gasteiger partial charge in [0.25, 0.3) is 5.91 Å². The molecule has 10 amide bonds. The zero-order chi connectivity index (χ0) is 68.0. The number of carbonyl (C=O) groups excluding carboxylic acids is 10. The molecule has 2 aromatic carbocycles. The van der Waals surface area contributed by atoms with Crippen molar-refractivity contribution >= 4 is 82.0 Å². The van der Waals surface area contributed by atoms with Crippen LogP contribution >= 0.6 is 0 Å². The standard InChI is InChI=1S/C63H87N11O17/c1-31(2)26-33(5)54(80)74-48(27-32(3)4)62(88)73-46(15-10-12-24-64)60(86)70-37(9)58(84)72-47(22-23-51(77)78)61(87)69-35(7)56(82)67-34(6)55(81)68-36(8)57(83)71-45(53(65)79)14-11-13-25-66-59(85)38-16-19-41(44(28-38)63(89)90)52-42-20-17-39(75)29-49(42)91-50-30-40(76)18-21-43(50)52/h16-21,28-37,45-48,75H,10-15,22-27,64H2,1-9H3,(H2,65,79)(H,66,85)(H,67,82)(H,68,81)(H,69,87)(H,70,86)(H,71,83)(H,72,84)(H,73,88)(H,74,80)(H,77,78)(H,89,90)/t33-,34-,35-,36-,37-,45-,46-,47-,48-/m0/s1. The van der Waals surface area contributed by atoms with Crippen LogP contribution in [-0.2, 0) is 47.9 Å².